The second-order valence-corrected chi connectivity index (χ2v) is 6.10. The summed E-state index contributed by atoms with van der Waals surface area (Å²) in [6, 6.07) is 2.61. The number of nitrogens with two attached hydrogens (primary N) is 1. The van der Waals surface area contributed by atoms with Crippen LogP contribution in [0, 0.1) is 6.92 Å². The quantitative estimate of drug-likeness (QED) is 0.897. The number of hydrogen-bond acceptors (Lipinski definition) is 3. The zero-order chi connectivity index (χ0) is 10.1. The topological polar surface area (TPSA) is 29.3 Å². The van der Waals surface area contributed by atoms with Crippen LogP contribution in [0.3, 0.4) is 0 Å². The summed E-state index contributed by atoms with van der Waals surface area (Å²) in [7, 11) is 0. The number of halogens is 1. The standard InChI is InChI=1S/C10H15BrN2S/c1-7-10(11)4-9(14-7)6-13-3-2-8(12)5-13/h4,8H,2-3,5-6,12H2,1H3. The van der Waals surface area contributed by atoms with E-state index >= 15 is 0 Å². The zero-order valence-electron chi connectivity index (χ0n) is 8.29. The van der Waals surface area contributed by atoms with Gasteiger partial charge in [0.1, 0.15) is 0 Å². The van der Waals surface area contributed by atoms with Crippen LogP contribution < -0.4 is 5.73 Å². The Kier molecular flexibility index (Phi) is 3.27. The lowest BCUT2D eigenvalue weighted by Gasteiger charge is -2.13. The fraction of sp³-hybridized carbons (Fsp3) is 0.600. The van der Waals surface area contributed by atoms with Gasteiger partial charge in [0, 0.05) is 39.9 Å². The van der Waals surface area contributed by atoms with Gasteiger partial charge in [0.2, 0.25) is 0 Å². The predicted octanol–water partition coefficient (Wildman–Crippen LogP) is 2.35. The first-order valence-electron chi connectivity index (χ1n) is 4.88. The molecule has 14 heavy (non-hydrogen) atoms. The highest BCUT2D eigenvalue weighted by molar-refractivity contribution is 9.10. The van der Waals surface area contributed by atoms with Crippen LogP contribution in [-0.2, 0) is 6.54 Å². The van der Waals surface area contributed by atoms with E-state index in [0.717, 1.165) is 26.1 Å². The van der Waals surface area contributed by atoms with E-state index in [9.17, 15) is 0 Å². The van der Waals surface area contributed by atoms with Crippen LogP contribution >= 0.6 is 27.3 Å². The summed E-state index contributed by atoms with van der Waals surface area (Å²) in [5, 5.41) is 0. The molecule has 1 atom stereocenters. The summed E-state index contributed by atoms with van der Waals surface area (Å²) in [4.78, 5) is 5.23. The minimum atomic E-state index is 0.388. The Morgan fingerprint density at radius 2 is 2.50 bits per heavy atom. The molecule has 0 bridgehead atoms. The first kappa shape index (κ1) is 10.6. The number of thiophene rings is 1. The number of hydrogen-bond donors (Lipinski definition) is 1. The molecule has 2 rings (SSSR count). The first-order valence-corrected chi connectivity index (χ1v) is 6.49. The highest BCUT2D eigenvalue weighted by Gasteiger charge is 2.19. The maximum atomic E-state index is 5.87. The Hall–Kier alpha value is 0.100. The van der Waals surface area contributed by atoms with E-state index in [4.69, 9.17) is 5.73 Å². The molecule has 0 radical (unpaired) electrons. The van der Waals surface area contributed by atoms with Gasteiger partial charge in [0.15, 0.2) is 0 Å². The SMILES string of the molecule is Cc1sc(CN2CCC(N)C2)cc1Br. The van der Waals surface area contributed by atoms with Crippen molar-refractivity contribution in [2.45, 2.75) is 25.9 Å². The van der Waals surface area contributed by atoms with Gasteiger partial charge in [-0.3, -0.25) is 4.90 Å². The molecule has 1 aromatic heterocycles. The molecular formula is C10H15BrN2S. The average Bonchev–Trinajstić information content (AvgIpc) is 2.62. The lowest BCUT2D eigenvalue weighted by molar-refractivity contribution is 0.330. The molecule has 78 valence electrons. The molecule has 0 saturated carbocycles. The summed E-state index contributed by atoms with van der Waals surface area (Å²) in [6.07, 6.45) is 1.14. The number of likely N-dealkylation sites (tertiary alicyclic amines) is 1. The highest BCUT2D eigenvalue weighted by atomic mass is 79.9. The van der Waals surface area contributed by atoms with E-state index in [-0.39, 0.29) is 0 Å². The number of aryl methyl sites for hydroxylation is 1. The predicted molar refractivity (Wildman–Crippen MR) is 64.6 cm³/mol. The normalized spacial score (nSPS) is 23.2. The molecule has 1 unspecified atom stereocenters. The number of nitrogens with zero attached hydrogens (tertiary/aromatic N) is 1. The van der Waals surface area contributed by atoms with Crippen molar-refractivity contribution in [3.63, 3.8) is 0 Å². The largest absolute Gasteiger partial charge is 0.326 e. The van der Waals surface area contributed by atoms with E-state index in [0.29, 0.717) is 6.04 Å². The minimum Gasteiger partial charge on any atom is -0.326 e. The fourth-order valence-corrected chi connectivity index (χ4v) is 3.47. The third-order valence-electron chi connectivity index (χ3n) is 2.60. The molecule has 4 heteroatoms. The Labute approximate surface area is 97.2 Å². The van der Waals surface area contributed by atoms with Gasteiger partial charge in [-0.2, -0.15) is 0 Å². The average molecular weight is 275 g/mol. The summed E-state index contributed by atoms with van der Waals surface area (Å²) < 4.78 is 1.24. The van der Waals surface area contributed by atoms with E-state index in [2.05, 4.69) is 33.8 Å². The van der Waals surface area contributed by atoms with Gasteiger partial charge >= 0.3 is 0 Å². The van der Waals surface area contributed by atoms with Crippen molar-refractivity contribution in [2.75, 3.05) is 13.1 Å². The van der Waals surface area contributed by atoms with Crippen LogP contribution in [0.25, 0.3) is 0 Å². The minimum absolute atomic E-state index is 0.388. The van der Waals surface area contributed by atoms with Crippen molar-refractivity contribution < 1.29 is 0 Å². The Bertz CT molecular complexity index is 304. The smallest absolute Gasteiger partial charge is 0.0329 e. The molecule has 2 nitrogen and oxygen atoms in total. The molecule has 1 saturated heterocycles. The first-order chi connectivity index (χ1) is 6.65. The van der Waals surface area contributed by atoms with Crippen LogP contribution in [-0.4, -0.2) is 24.0 Å². The molecule has 0 spiro atoms. The monoisotopic (exact) mass is 274 g/mol. The van der Waals surface area contributed by atoms with Crippen molar-refractivity contribution >= 4 is 27.3 Å². The van der Waals surface area contributed by atoms with Crippen LogP contribution in [0.2, 0.25) is 0 Å². The Balaban J connectivity index is 1.97. The number of rotatable bonds is 2. The van der Waals surface area contributed by atoms with Crippen LogP contribution in [0.4, 0.5) is 0 Å². The van der Waals surface area contributed by atoms with E-state index < -0.39 is 0 Å². The molecule has 2 heterocycles. The van der Waals surface area contributed by atoms with E-state index in [1.807, 2.05) is 11.3 Å². The fourth-order valence-electron chi connectivity index (χ4n) is 1.82. The second-order valence-electron chi connectivity index (χ2n) is 3.90. The van der Waals surface area contributed by atoms with E-state index in [1.165, 1.54) is 14.2 Å². The maximum absolute atomic E-state index is 5.87. The summed E-state index contributed by atoms with van der Waals surface area (Å²) >= 11 is 5.42. The summed E-state index contributed by atoms with van der Waals surface area (Å²) in [5.74, 6) is 0. The molecular weight excluding hydrogens is 260 g/mol. The van der Waals surface area contributed by atoms with E-state index in [1.54, 1.807) is 0 Å². The van der Waals surface area contributed by atoms with Crippen molar-refractivity contribution in [1.82, 2.24) is 4.90 Å². The third-order valence-corrected chi connectivity index (χ3v) is 4.72. The molecule has 0 aromatic carbocycles. The van der Waals surface area contributed by atoms with Gasteiger partial charge in [-0.05, 0) is 35.3 Å². The maximum Gasteiger partial charge on any atom is 0.0329 e. The van der Waals surface area contributed by atoms with Crippen molar-refractivity contribution in [3.05, 3.63) is 20.3 Å². The highest BCUT2D eigenvalue weighted by Crippen LogP contribution is 2.27. The second kappa shape index (κ2) is 4.31. The third kappa shape index (κ3) is 2.37. The lowest BCUT2D eigenvalue weighted by Crippen LogP contribution is -2.25. The molecule has 1 aliphatic rings. The van der Waals surface area contributed by atoms with Gasteiger partial charge < -0.3 is 5.73 Å². The van der Waals surface area contributed by atoms with Crippen LogP contribution in [0.15, 0.2) is 10.5 Å². The molecule has 1 aromatic rings. The molecule has 0 aliphatic carbocycles. The summed E-state index contributed by atoms with van der Waals surface area (Å²) in [6.45, 7) is 5.41. The van der Waals surface area contributed by atoms with Gasteiger partial charge in [0.25, 0.3) is 0 Å². The van der Waals surface area contributed by atoms with Gasteiger partial charge in [0.05, 0.1) is 0 Å². The lowest BCUT2D eigenvalue weighted by atomic mass is 10.3. The van der Waals surface area contributed by atoms with Gasteiger partial charge in [-0.15, -0.1) is 11.3 Å². The molecule has 0 amide bonds. The molecule has 2 N–H and O–H groups in total. The van der Waals surface area contributed by atoms with Gasteiger partial charge in [-0.25, -0.2) is 0 Å². The zero-order valence-corrected chi connectivity index (χ0v) is 10.7. The van der Waals surface area contributed by atoms with Crippen LogP contribution in [0.1, 0.15) is 16.2 Å². The summed E-state index contributed by atoms with van der Waals surface area (Å²) in [5.41, 5.74) is 5.87. The van der Waals surface area contributed by atoms with Gasteiger partial charge in [-0.1, -0.05) is 0 Å². The Morgan fingerprint density at radius 1 is 1.71 bits per heavy atom. The van der Waals surface area contributed by atoms with Crippen molar-refractivity contribution in [3.8, 4) is 0 Å². The van der Waals surface area contributed by atoms with Crippen molar-refractivity contribution in [2.24, 2.45) is 5.73 Å². The molecule has 1 aliphatic heterocycles. The van der Waals surface area contributed by atoms with Crippen molar-refractivity contribution in [1.29, 1.82) is 0 Å². The molecule has 1 fully saturated rings. The Morgan fingerprint density at radius 3 is 3.00 bits per heavy atom. The van der Waals surface area contributed by atoms with Crippen LogP contribution in [0.5, 0.6) is 0 Å².